The van der Waals surface area contributed by atoms with Gasteiger partial charge in [0.2, 0.25) is 0 Å². The van der Waals surface area contributed by atoms with Gasteiger partial charge in [0, 0.05) is 19.1 Å². The minimum atomic E-state index is 0.627. The van der Waals surface area contributed by atoms with Gasteiger partial charge in [0.25, 0.3) is 0 Å². The van der Waals surface area contributed by atoms with E-state index < -0.39 is 0 Å². The summed E-state index contributed by atoms with van der Waals surface area (Å²) in [4.78, 5) is 2.57. The first kappa shape index (κ1) is 19.1. The van der Waals surface area contributed by atoms with Crippen LogP contribution in [0, 0.1) is 0 Å². The second-order valence-electron chi connectivity index (χ2n) is 6.29. The molecule has 0 aliphatic carbocycles. The molecule has 1 aromatic rings. The highest BCUT2D eigenvalue weighted by Crippen LogP contribution is 2.09. The Bertz CT molecular complexity index is 375. The average molecular weight is 306 g/mol. The molecule has 0 spiro atoms. The van der Waals surface area contributed by atoms with Gasteiger partial charge in [-0.2, -0.15) is 0 Å². The minimum Gasteiger partial charge on any atom is -0.326 e. The first-order chi connectivity index (χ1) is 10.7. The molecule has 0 saturated carbocycles. The van der Waals surface area contributed by atoms with Crippen LogP contribution in [0.2, 0.25) is 0 Å². The van der Waals surface area contributed by atoms with Gasteiger partial charge >= 0.3 is 0 Å². The molecule has 1 atom stereocenters. The van der Waals surface area contributed by atoms with Crippen molar-refractivity contribution >= 4 is 0 Å². The van der Waals surface area contributed by atoms with Crippen molar-refractivity contribution in [1.82, 2.24) is 10.2 Å². The topological polar surface area (TPSA) is 41.3 Å². The third-order valence-electron chi connectivity index (χ3n) is 4.06. The van der Waals surface area contributed by atoms with Gasteiger partial charge in [0.15, 0.2) is 0 Å². The maximum absolute atomic E-state index is 5.66. The van der Waals surface area contributed by atoms with Crippen LogP contribution in [-0.2, 0) is 13.1 Å². The van der Waals surface area contributed by atoms with E-state index in [2.05, 4.69) is 55.3 Å². The molecule has 0 radical (unpaired) electrons. The summed E-state index contributed by atoms with van der Waals surface area (Å²) in [7, 11) is 0. The Labute approximate surface area is 137 Å². The Balaban J connectivity index is 2.37. The highest BCUT2D eigenvalue weighted by molar-refractivity contribution is 5.22. The molecule has 0 bridgehead atoms. The summed E-state index contributed by atoms with van der Waals surface area (Å²) < 4.78 is 0. The van der Waals surface area contributed by atoms with E-state index in [-0.39, 0.29) is 0 Å². The van der Waals surface area contributed by atoms with E-state index in [4.69, 9.17) is 5.73 Å². The molecular weight excluding hydrogens is 270 g/mol. The Morgan fingerprint density at radius 3 is 2.32 bits per heavy atom. The fraction of sp³-hybridized carbons (Fsp3) is 0.684. The van der Waals surface area contributed by atoms with E-state index in [9.17, 15) is 0 Å². The second-order valence-corrected chi connectivity index (χ2v) is 6.29. The lowest BCUT2D eigenvalue weighted by Gasteiger charge is -2.23. The standard InChI is InChI=1S/C19H35N3/c1-4-12-21-17(3)7-6-14-22(13-5-2)16-19-10-8-18(15-20)9-11-19/h8-11,17,21H,4-7,12-16,20H2,1-3H3. The van der Waals surface area contributed by atoms with Crippen LogP contribution in [0.25, 0.3) is 0 Å². The van der Waals surface area contributed by atoms with E-state index >= 15 is 0 Å². The van der Waals surface area contributed by atoms with Crippen LogP contribution in [-0.4, -0.2) is 30.6 Å². The number of rotatable bonds is 12. The van der Waals surface area contributed by atoms with Crippen LogP contribution in [0.4, 0.5) is 0 Å². The van der Waals surface area contributed by atoms with Gasteiger partial charge in [-0.25, -0.2) is 0 Å². The molecule has 126 valence electrons. The van der Waals surface area contributed by atoms with Crippen molar-refractivity contribution in [2.45, 2.75) is 65.6 Å². The monoisotopic (exact) mass is 305 g/mol. The quantitative estimate of drug-likeness (QED) is 0.621. The highest BCUT2D eigenvalue weighted by Gasteiger charge is 2.07. The lowest BCUT2D eigenvalue weighted by molar-refractivity contribution is 0.256. The number of hydrogen-bond donors (Lipinski definition) is 2. The van der Waals surface area contributed by atoms with Crippen LogP contribution < -0.4 is 11.1 Å². The Morgan fingerprint density at radius 2 is 1.73 bits per heavy atom. The second kappa shape index (κ2) is 11.6. The molecule has 0 heterocycles. The summed E-state index contributed by atoms with van der Waals surface area (Å²) in [6.45, 7) is 11.9. The van der Waals surface area contributed by atoms with Crippen molar-refractivity contribution < 1.29 is 0 Å². The van der Waals surface area contributed by atoms with Gasteiger partial charge in [0.05, 0.1) is 0 Å². The molecule has 0 saturated heterocycles. The smallest absolute Gasteiger partial charge is 0.0233 e. The first-order valence-electron chi connectivity index (χ1n) is 8.93. The van der Waals surface area contributed by atoms with Crippen molar-refractivity contribution in [2.24, 2.45) is 5.73 Å². The molecule has 0 amide bonds. The fourth-order valence-corrected chi connectivity index (χ4v) is 2.74. The normalized spacial score (nSPS) is 12.8. The number of hydrogen-bond acceptors (Lipinski definition) is 3. The number of nitrogens with zero attached hydrogens (tertiary/aromatic N) is 1. The van der Waals surface area contributed by atoms with Crippen LogP contribution in [0.5, 0.6) is 0 Å². The molecule has 1 rings (SSSR count). The summed E-state index contributed by atoms with van der Waals surface area (Å²) in [5, 5.41) is 3.57. The molecular formula is C19H35N3. The number of nitrogens with two attached hydrogens (primary N) is 1. The zero-order chi connectivity index (χ0) is 16.2. The van der Waals surface area contributed by atoms with Crippen LogP contribution in [0.3, 0.4) is 0 Å². The van der Waals surface area contributed by atoms with Gasteiger partial charge in [-0.1, -0.05) is 38.1 Å². The minimum absolute atomic E-state index is 0.627. The molecule has 1 aromatic carbocycles. The number of nitrogens with one attached hydrogen (secondary N) is 1. The molecule has 0 aliphatic heterocycles. The maximum Gasteiger partial charge on any atom is 0.0233 e. The van der Waals surface area contributed by atoms with E-state index in [0.717, 1.165) is 13.1 Å². The zero-order valence-corrected chi connectivity index (χ0v) is 14.8. The van der Waals surface area contributed by atoms with Crippen LogP contribution in [0.15, 0.2) is 24.3 Å². The third kappa shape index (κ3) is 7.92. The summed E-state index contributed by atoms with van der Waals surface area (Å²) >= 11 is 0. The molecule has 22 heavy (non-hydrogen) atoms. The Hall–Kier alpha value is -0.900. The lowest BCUT2D eigenvalue weighted by atomic mass is 10.1. The molecule has 1 unspecified atom stereocenters. The summed E-state index contributed by atoms with van der Waals surface area (Å²) in [6, 6.07) is 9.37. The van der Waals surface area contributed by atoms with E-state index in [0.29, 0.717) is 12.6 Å². The SMILES string of the molecule is CCCNC(C)CCCN(CCC)Cc1ccc(CN)cc1. The van der Waals surface area contributed by atoms with Gasteiger partial charge < -0.3 is 11.1 Å². The van der Waals surface area contributed by atoms with Gasteiger partial charge in [0.1, 0.15) is 0 Å². The molecule has 3 N–H and O–H groups in total. The predicted octanol–water partition coefficient (Wildman–Crippen LogP) is 3.53. The number of benzene rings is 1. The van der Waals surface area contributed by atoms with Crippen molar-refractivity contribution in [3.63, 3.8) is 0 Å². The summed E-state index contributed by atoms with van der Waals surface area (Å²) in [5.41, 5.74) is 8.26. The zero-order valence-electron chi connectivity index (χ0n) is 14.8. The van der Waals surface area contributed by atoms with Crippen LogP contribution >= 0.6 is 0 Å². The fourth-order valence-electron chi connectivity index (χ4n) is 2.74. The Morgan fingerprint density at radius 1 is 1.05 bits per heavy atom. The van der Waals surface area contributed by atoms with Crippen molar-refractivity contribution in [3.8, 4) is 0 Å². The molecule has 0 fully saturated rings. The molecule has 0 aliphatic rings. The van der Waals surface area contributed by atoms with Crippen molar-refractivity contribution in [2.75, 3.05) is 19.6 Å². The highest BCUT2D eigenvalue weighted by atomic mass is 15.1. The summed E-state index contributed by atoms with van der Waals surface area (Å²) in [6.07, 6.45) is 4.95. The van der Waals surface area contributed by atoms with Gasteiger partial charge in [-0.15, -0.1) is 0 Å². The molecule has 3 heteroatoms. The lowest BCUT2D eigenvalue weighted by Crippen LogP contribution is -2.29. The van der Waals surface area contributed by atoms with Crippen molar-refractivity contribution in [3.05, 3.63) is 35.4 Å². The largest absolute Gasteiger partial charge is 0.326 e. The van der Waals surface area contributed by atoms with E-state index in [1.807, 2.05) is 0 Å². The van der Waals surface area contributed by atoms with Crippen LogP contribution in [0.1, 0.15) is 57.6 Å². The van der Waals surface area contributed by atoms with E-state index in [1.165, 1.54) is 49.9 Å². The average Bonchev–Trinajstić information content (AvgIpc) is 2.53. The first-order valence-corrected chi connectivity index (χ1v) is 8.93. The van der Waals surface area contributed by atoms with E-state index in [1.54, 1.807) is 0 Å². The Kier molecular flexibility index (Phi) is 10.1. The molecule has 3 nitrogen and oxygen atoms in total. The molecule has 0 aromatic heterocycles. The third-order valence-corrected chi connectivity index (χ3v) is 4.06. The van der Waals surface area contributed by atoms with Gasteiger partial charge in [-0.05, 0) is 63.4 Å². The van der Waals surface area contributed by atoms with Gasteiger partial charge in [-0.3, -0.25) is 4.90 Å². The maximum atomic E-state index is 5.66. The summed E-state index contributed by atoms with van der Waals surface area (Å²) in [5.74, 6) is 0. The predicted molar refractivity (Wildman–Crippen MR) is 96.9 cm³/mol. The van der Waals surface area contributed by atoms with Crippen molar-refractivity contribution in [1.29, 1.82) is 0 Å².